The molecule has 0 radical (unpaired) electrons. The molecule has 0 bridgehead atoms. The summed E-state index contributed by atoms with van der Waals surface area (Å²) in [6, 6.07) is 24.9. The Hall–Kier alpha value is -3.87. The van der Waals surface area contributed by atoms with E-state index in [0.717, 1.165) is 54.5 Å². The van der Waals surface area contributed by atoms with E-state index in [1.54, 1.807) is 18.3 Å². The molecule has 1 aromatic heterocycles. The van der Waals surface area contributed by atoms with Gasteiger partial charge < -0.3 is 15.0 Å². The van der Waals surface area contributed by atoms with Crippen LogP contribution < -0.4 is 10.1 Å². The number of hydrogen-bond donors (Lipinski definition) is 1. The molecule has 6 nitrogen and oxygen atoms in total. The standard InChI is InChI=1S/C32H33N3O3/c36-31(20-24-7-8-28-21-34-15-13-27(28)19-24)30(22-35-17-4-14-33-16-18-35)25-9-11-29(12-10-25)38-23-32(37)26-5-2-1-3-6-26/h1-3,5-13,15,19,21,30,33H,4,14,16-18,20,22-23H2. The Morgan fingerprint density at radius 1 is 0.921 bits per heavy atom. The molecule has 0 aliphatic carbocycles. The Morgan fingerprint density at radius 2 is 1.76 bits per heavy atom. The first-order chi connectivity index (χ1) is 18.7. The van der Waals surface area contributed by atoms with Crippen LogP contribution in [0.15, 0.2) is 91.3 Å². The number of nitrogens with one attached hydrogen (secondary N) is 1. The van der Waals surface area contributed by atoms with Crippen molar-refractivity contribution in [2.75, 3.05) is 39.3 Å². The molecule has 0 saturated carbocycles. The molecule has 4 aromatic rings. The number of pyridine rings is 1. The van der Waals surface area contributed by atoms with Gasteiger partial charge in [0.05, 0.1) is 5.92 Å². The minimum Gasteiger partial charge on any atom is -0.485 e. The van der Waals surface area contributed by atoms with Crippen molar-refractivity contribution in [1.29, 1.82) is 0 Å². The predicted octanol–water partition coefficient (Wildman–Crippen LogP) is 4.69. The molecule has 5 rings (SSSR count). The molecule has 38 heavy (non-hydrogen) atoms. The molecule has 0 spiro atoms. The number of aromatic nitrogens is 1. The van der Waals surface area contributed by atoms with Gasteiger partial charge in [0.25, 0.3) is 0 Å². The van der Waals surface area contributed by atoms with Crippen LogP contribution in [0, 0.1) is 0 Å². The normalized spacial score (nSPS) is 15.1. The highest BCUT2D eigenvalue weighted by Crippen LogP contribution is 2.25. The number of Topliss-reactive ketones (excluding diaryl/α,β-unsaturated/α-hetero) is 2. The van der Waals surface area contributed by atoms with Gasteiger partial charge in [-0.2, -0.15) is 0 Å². The molecular weight excluding hydrogens is 474 g/mol. The second kappa shape index (κ2) is 12.6. The van der Waals surface area contributed by atoms with E-state index in [2.05, 4.69) is 21.3 Å². The smallest absolute Gasteiger partial charge is 0.200 e. The molecule has 2 heterocycles. The van der Waals surface area contributed by atoms with Crippen LogP contribution >= 0.6 is 0 Å². The fourth-order valence-corrected chi connectivity index (χ4v) is 4.96. The topological polar surface area (TPSA) is 71.5 Å². The third-order valence-corrected chi connectivity index (χ3v) is 7.09. The number of nitrogens with zero attached hydrogens (tertiary/aromatic N) is 2. The van der Waals surface area contributed by atoms with E-state index in [4.69, 9.17) is 4.74 Å². The lowest BCUT2D eigenvalue weighted by molar-refractivity contribution is -0.120. The van der Waals surface area contributed by atoms with Crippen LogP contribution in [0.5, 0.6) is 5.75 Å². The van der Waals surface area contributed by atoms with Crippen LogP contribution in [0.2, 0.25) is 0 Å². The van der Waals surface area contributed by atoms with Crippen molar-refractivity contribution >= 4 is 22.3 Å². The van der Waals surface area contributed by atoms with Gasteiger partial charge >= 0.3 is 0 Å². The average molecular weight is 508 g/mol. The van der Waals surface area contributed by atoms with Crippen LogP contribution in [0.3, 0.4) is 0 Å². The van der Waals surface area contributed by atoms with Gasteiger partial charge in [-0.05, 0) is 54.2 Å². The second-order valence-corrected chi connectivity index (χ2v) is 9.80. The summed E-state index contributed by atoms with van der Waals surface area (Å²) in [5, 5.41) is 5.60. The van der Waals surface area contributed by atoms with Crippen LogP contribution in [0.25, 0.3) is 10.8 Å². The highest BCUT2D eigenvalue weighted by atomic mass is 16.5. The molecular formula is C32H33N3O3. The minimum absolute atomic E-state index is 0.0238. The number of hydrogen-bond acceptors (Lipinski definition) is 6. The summed E-state index contributed by atoms with van der Waals surface area (Å²) in [4.78, 5) is 32.7. The number of ether oxygens (including phenoxy) is 1. The number of benzene rings is 3. The molecule has 1 unspecified atom stereocenters. The van der Waals surface area contributed by atoms with Gasteiger partial charge in [0.2, 0.25) is 0 Å². The predicted molar refractivity (Wildman–Crippen MR) is 150 cm³/mol. The Balaban J connectivity index is 1.30. The zero-order valence-electron chi connectivity index (χ0n) is 21.5. The summed E-state index contributed by atoms with van der Waals surface area (Å²) < 4.78 is 5.76. The third kappa shape index (κ3) is 6.71. The average Bonchev–Trinajstić information content (AvgIpc) is 3.24. The molecule has 1 saturated heterocycles. The quantitative estimate of drug-likeness (QED) is 0.314. The Labute approximate surface area is 223 Å². The van der Waals surface area contributed by atoms with E-state index >= 15 is 0 Å². The SMILES string of the molecule is O=C(COc1ccc(C(CN2CCCNCC2)C(=O)Cc2ccc3cnccc3c2)cc1)c1ccccc1. The maximum Gasteiger partial charge on any atom is 0.200 e. The van der Waals surface area contributed by atoms with Crippen molar-refractivity contribution in [3.05, 3.63) is 108 Å². The van der Waals surface area contributed by atoms with Gasteiger partial charge in [-0.25, -0.2) is 0 Å². The lowest BCUT2D eigenvalue weighted by Gasteiger charge is -2.26. The Kier molecular flexibility index (Phi) is 8.53. The van der Waals surface area contributed by atoms with Crippen molar-refractivity contribution in [3.8, 4) is 5.75 Å². The molecule has 194 valence electrons. The van der Waals surface area contributed by atoms with Gasteiger partial charge in [0.1, 0.15) is 11.5 Å². The maximum atomic E-state index is 13.7. The highest BCUT2D eigenvalue weighted by Gasteiger charge is 2.24. The monoisotopic (exact) mass is 507 g/mol. The molecule has 1 N–H and O–H groups in total. The highest BCUT2D eigenvalue weighted by molar-refractivity contribution is 5.97. The van der Waals surface area contributed by atoms with Crippen molar-refractivity contribution in [2.24, 2.45) is 0 Å². The van der Waals surface area contributed by atoms with Crippen LogP contribution in [-0.2, 0) is 11.2 Å². The summed E-state index contributed by atoms with van der Waals surface area (Å²) in [5.41, 5.74) is 2.61. The largest absolute Gasteiger partial charge is 0.485 e. The van der Waals surface area contributed by atoms with Gasteiger partial charge in [-0.15, -0.1) is 0 Å². The zero-order valence-corrected chi connectivity index (χ0v) is 21.5. The third-order valence-electron chi connectivity index (χ3n) is 7.09. The van der Waals surface area contributed by atoms with Crippen LogP contribution in [0.1, 0.15) is 33.8 Å². The van der Waals surface area contributed by atoms with Gasteiger partial charge in [-0.1, -0.05) is 60.7 Å². The summed E-state index contributed by atoms with van der Waals surface area (Å²) in [6.45, 7) is 4.50. The van der Waals surface area contributed by atoms with Crippen LogP contribution in [-0.4, -0.2) is 60.8 Å². The molecule has 1 atom stereocenters. The first-order valence-electron chi connectivity index (χ1n) is 13.3. The van der Waals surface area contributed by atoms with E-state index in [9.17, 15) is 9.59 Å². The van der Waals surface area contributed by atoms with E-state index in [0.29, 0.717) is 24.3 Å². The lowest BCUT2D eigenvalue weighted by Crippen LogP contribution is -2.35. The van der Waals surface area contributed by atoms with Crippen molar-refractivity contribution in [1.82, 2.24) is 15.2 Å². The second-order valence-electron chi connectivity index (χ2n) is 9.80. The van der Waals surface area contributed by atoms with Crippen molar-refractivity contribution < 1.29 is 14.3 Å². The summed E-state index contributed by atoms with van der Waals surface area (Å²) in [7, 11) is 0. The molecule has 1 fully saturated rings. The molecule has 3 aromatic carbocycles. The first kappa shape index (κ1) is 25.8. The zero-order chi connectivity index (χ0) is 26.2. The summed E-state index contributed by atoms with van der Waals surface area (Å²) >= 11 is 0. The molecule has 6 heteroatoms. The van der Waals surface area contributed by atoms with Gasteiger partial charge in [0, 0.05) is 49.4 Å². The van der Waals surface area contributed by atoms with Gasteiger partial charge in [-0.3, -0.25) is 14.6 Å². The number of carbonyl (C=O) groups is 2. The van der Waals surface area contributed by atoms with Crippen LogP contribution in [0.4, 0.5) is 0 Å². The molecule has 0 amide bonds. The van der Waals surface area contributed by atoms with Crippen molar-refractivity contribution in [3.63, 3.8) is 0 Å². The van der Waals surface area contributed by atoms with E-state index in [1.807, 2.05) is 66.9 Å². The first-order valence-corrected chi connectivity index (χ1v) is 13.3. The number of rotatable bonds is 10. The summed E-state index contributed by atoms with van der Waals surface area (Å²) in [6.07, 6.45) is 5.07. The summed E-state index contributed by atoms with van der Waals surface area (Å²) in [5.74, 6) is 0.500. The molecule has 1 aliphatic rings. The number of ketones is 2. The van der Waals surface area contributed by atoms with E-state index in [-0.39, 0.29) is 24.1 Å². The minimum atomic E-state index is -0.249. The fourth-order valence-electron chi connectivity index (χ4n) is 4.96. The number of fused-ring (bicyclic) bond motifs is 1. The van der Waals surface area contributed by atoms with E-state index in [1.165, 1.54) is 0 Å². The number of carbonyl (C=O) groups excluding carboxylic acids is 2. The van der Waals surface area contributed by atoms with Gasteiger partial charge in [0.15, 0.2) is 12.4 Å². The maximum absolute atomic E-state index is 13.7. The fraction of sp³-hybridized carbons (Fsp3) is 0.281. The molecule has 1 aliphatic heterocycles. The lowest BCUT2D eigenvalue weighted by atomic mass is 9.90. The Bertz CT molecular complexity index is 1360. The van der Waals surface area contributed by atoms with Crippen molar-refractivity contribution in [2.45, 2.75) is 18.8 Å². The Morgan fingerprint density at radius 3 is 2.61 bits per heavy atom. The van der Waals surface area contributed by atoms with E-state index < -0.39 is 0 Å².